The van der Waals surface area contributed by atoms with E-state index in [2.05, 4.69) is 20.8 Å². The van der Waals surface area contributed by atoms with Crippen LogP contribution in [-0.4, -0.2) is 17.0 Å². The van der Waals surface area contributed by atoms with E-state index < -0.39 is 0 Å². The van der Waals surface area contributed by atoms with Gasteiger partial charge in [0, 0.05) is 6.42 Å². The van der Waals surface area contributed by atoms with Crippen molar-refractivity contribution in [3.63, 3.8) is 0 Å². The summed E-state index contributed by atoms with van der Waals surface area (Å²) in [6.07, 6.45) is 9.71. The summed E-state index contributed by atoms with van der Waals surface area (Å²) in [5.74, 6) is 3.08. The van der Waals surface area contributed by atoms with Gasteiger partial charge in [-0.3, -0.25) is 4.79 Å². The number of aliphatic hydroxyl groups excluding tert-OH is 1. The maximum absolute atomic E-state index is 12.0. The highest BCUT2D eigenvalue weighted by Gasteiger charge is 2.60. The highest BCUT2D eigenvalue weighted by molar-refractivity contribution is 5.91. The number of hydrogen-bond donors (Lipinski definition) is 1. The summed E-state index contributed by atoms with van der Waals surface area (Å²) in [6, 6.07) is 0. The standard InChI is InChI=1S/C20H30O2/c1-12-10-14(21)11-13-4-5-15-16-6-7-18(22)19(16,2)9-8-17(15)20(12,13)3/h10,13,15-18,22H,4-9,11H2,1-3H3/t13?,15-,16-,17-,18-,19-,20-/m0/s1. The first-order valence-electron chi connectivity index (χ1n) is 9.27. The maximum atomic E-state index is 12.0. The Kier molecular flexibility index (Phi) is 3.18. The Bertz CT molecular complexity index is 536. The van der Waals surface area contributed by atoms with Crippen LogP contribution in [0.25, 0.3) is 0 Å². The smallest absolute Gasteiger partial charge is 0.155 e. The average molecular weight is 302 g/mol. The number of aliphatic hydroxyl groups is 1. The van der Waals surface area contributed by atoms with Crippen molar-refractivity contribution in [3.8, 4) is 0 Å². The maximum Gasteiger partial charge on any atom is 0.155 e. The van der Waals surface area contributed by atoms with Gasteiger partial charge in [0.2, 0.25) is 0 Å². The number of carbonyl (C=O) groups excluding carboxylic acids is 1. The van der Waals surface area contributed by atoms with Crippen molar-refractivity contribution in [2.24, 2.45) is 34.5 Å². The highest BCUT2D eigenvalue weighted by atomic mass is 16.3. The lowest BCUT2D eigenvalue weighted by molar-refractivity contribution is -0.125. The van der Waals surface area contributed by atoms with E-state index in [1.165, 1.54) is 37.7 Å². The van der Waals surface area contributed by atoms with Gasteiger partial charge in [0.1, 0.15) is 0 Å². The van der Waals surface area contributed by atoms with Gasteiger partial charge in [-0.05, 0) is 86.0 Å². The van der Waals surface area contributed by atoms with Crippen LogP contribution in [0.1, 0.15) is 65.7 Å². The molecule has 0 aromatic heterocycles. The molecule has 3 saturated carbocycles. The fourth-order valence-corrected chi connectivity index (χ4v) is 7.03. The molecule has 0 aromatic rings. The molecular formula is C20H30O2. The summed E-state index contributed by atoms with van der Waals surface area (Å²) in [5.41, 5.74) is 1.73. The van der Waals surface area contributed by atoms with Gasteiger partial charge >= 0.3 is 0 Å². The minimum atomic E-state index is -0.0893. The summed E-state index contributed by atoms with van der Waals surface area (Å²) in [6.45, 7) is 6.98. The Morgan fingerprint density at radius 2 is 1.86 bits per heavy atom. The minimum absolute atomic E-state index is 0.0893. The van der Waals surface area contributed by atoms with Crippen molar-refractivity contribution in [2.75, 3.05) is 0 Å². The fourth-order valence-electron chi connectivity index (χ4n) is 7.03. The lowest BCUT2D eigenvalue weighted by atomic mass is 9.45. The van der Waals surface area contributed by atoms with Crippen molar-refractivity contribution in [1.82, 2.24) is 0 Å². The molecule has 0 aromatic carbocycles. The monoisotopic (exact) mass is 302 g/mol. The molecule has 0 radical (unpaired) electrons. The minimum Gasteiger partial charge on any atom is -0.393 e. The molecule has 0 amide bonds. The summed E-state index contributed by atoms with van der Waals surface area (Å²) in [4.78, 5) is 12.0. The molecule has 7 atom stereocenters. The van der Waals surface area contributed by atoms with Gasteiger partial charge in [0.25, 0.3) is 0 Å². The SMILES string of the molecule is CC1=CC(=O)CC2CC[C@H]3[C@@H]4CC[C@H](O)[C@@]4(C)CC[C@@H]3[C@@]12C. The molecule has 1 unspecified atom stereocenters. The van der Waals surface area contributed by atoms with Crippen LogP contribution < -0.4 is 0 Å². The third kappa shape index (κ3) is 1.74. The Morgan fingerprint density at radius 1 is 1.09 bits per heavy atom. The number of allylic oxidation sites excluding steroid dienone is 2. The van der Waals surface area contributed by atoms with Gasteiger partial charge in [-0.25, -0.2) is 0 Å². The molecule has 0 aliphatic heterocycles. The van der Waals surface area contributed by atoms with E-state index in [4.69, 9.17) is 0 Å². The zero-order valence-corrected chi connectivity index (χ0v) is 14.3. The second-order valence-corrected chi connectivity index (χ2v) is 9.07. The van der Waals surface area contributed by atoms with Crippen molar-refractivity contribution < 1.29 is 9.90 Å². The van der Waals surface area contributed by atoms with Crippen LogP contribution in [0.3, 0.4) is 0 Å². The van der Waals surface area contributed by atoms with E-state index in [0.717, 1.165) is 24.7 Å². The molecule has 22 heavy (non-hydrogen) atoms. The van der Waals surface area contributed by atoms with Crippen LogP contribution in [0.15, 0.2) is 11.6 Å². The van der Waals surface area contributed by atoms with Gasteiger partial charge in [-0.15, -0.1) is 0 Å². The summed E-state index contributed by atoms with van der Waals surface area (Å²) < 4.78 is 0. The van der Waals surface area contributed by atoms with Crippen LogP contribution in [0.4, 0.5) is 0 Å². The molecule has 4 aliphatic rings. The van der Waals surface area contributed by atoms with Crippen molar-refractivity contribution in [1.29, 1.82) is 0 Å². The first kappa shape index (κ1) is 14.9. The van der Waals surface area contributed by atoms with Crippen molar-refractivity contribution >= 4 is 5.78 Å². The van der Waals surface area contributed by atoms with Crippen LogP contribution in [0.2, 0.25) is 0 Å². The lowest BCUT2D eigenvalue weighted by Gasteiger charge is -2.60. The van der Waals surface area contributed by atoms with Gasteiger partial charge in [0.05, 0.1) is 6.10 Å². The molecule has 0 spiro atoms. The molecule has 122 valence electrons. The quantitative estimate of drug-likeness (QED) is 0.730. The van der Waals surface area contributed by atoms with E-state index in [9.17, 15) is 9.90 Å². The first-order chi connectivity index (χ1) is 10.4. The first-order valence-corrected chi connectivity index (χ1v) is 9.27. The third-order valence-corrected chi connectivity index (χ3v) is 8.53. The summed E-state index contributed by atoms with van der Waals surface area (Å²) in [7, 11) is 0. The van der Waals surface area contributed by atoms with Crippen LogP contribution in [0, 0.1) is 34.5 Å². The largest absolute Gasteiger partial charge is 0.393 e. The normalized spacial score (nSPS) is 54.3. The van der Waals surface area contributed by atoms with Gasteiger partial charge < -0.3 is 5.11 Å². The van der Waals surface area contributed by atoms with Gasteiger partial charge in [0.15, 0.2) is 5.78 Å². The van der Waals surface area contributed by atoms with Crippen LogP contribution >= 0.6 is 0 Å². The Morgan fingerprint density at radius 3 is 2.64 bits per heavy atom. The zero-order chi connectivity index (χ0) is 15.7. The van der Waals surface area contributed by atoms with E-state index in [1.54, 1.807) is 0 Å². The average Bonchev–Trinajstić information content (AvgIpc) is 2.77. The molecule has 2 nitrogen and oxygen atoms in total. The predicted octanol–water partition coefficient (Wildman–Crippen LogP) is 4.13. The number of fused-ring (bicyclic) bond motifs is 5. The molecule has 2 heteroatoms. The Balaban J connectivity index is 1.72. The van der Waals surface area contributed by atoms with E-state index >= 15 is 0 Å². The van der Waals surface area contributed by atoms with Gasteiger partial charge in [-0.1, -0.05) is 19.4 Å². The molecule has 0 bridgehead atoms. The number of hydrogen-bond acceptors (Lipinski definition) is 2. The molecular weight excluding hydrogens is 272 g/mol. The van der Waals surface area contributed by atoms with E-state index in [1.807, 2.05) is 6.08 Å². The number of ketones is 1. The topological polar surface area (TPSA) is 37.3 Å². The zero-order valence-electron chi connectivity index (χ0n) is 14.3. The second kappa shape index (κ2) is 4.69. The van der Waals surface area contributed by atoms with Crippen LogP contribution in [0.5, 0.6) is 0 Å². The highest BCUT2D eigenvalue weighted by Crippen LogP contribution is 2.66. The molecule has 4 rings (SSSR count). The predicted molar refractivity (Wildman–Crippen MR) is 87.3 cm³/mol. The summed E-state index contributed by atoms with van der Waals surface area (Å²) >= 11 is 0. The molecule has 1 N–H and O–H groups in total. The Hall–Kier alpha value is -0.630. The van der Waals surface area contributed by atoms with E-state index in [0.29, 0.717) is 17.6 Å². The fraction of sp³-hybridized carbons (Fsp3) is 0.850. The van der Waals surface area contributed by atoms with Gasteiger partial charge in [-0.2, -0.15) is 0 Å². The second-order valence-electron chi connectivity index (χ2n) is 9.07. The summed E-state index contributed by atoms with van der Waals surface area (Å²) in [5, 5.41) is 10.5. The van der Waals surface area contributed by atoms with Crippen molar-refractivity contribution in [3.05, 3.63) is 11.6 Å². The molecule has 0 heterocycles. The molecule has 4 aliphatic carbocycles. The Labute approximate surface area is 134 Å². The van der Waals surface area contributed by atoms with Crippen LogP contribution in [-0.2, 0) is 4.79 Å². The number of rotatable bonds is 0. The third-order valence-electron chi connectivity index (χ3n) is 8.53. The lowest BCUT2D eigenvalue weighted by Crippen LogP contribution is -2.54. The van der Waals surface area contributed by atoms with Crippen molar-refractivity contribution in [2.45, 2.75) is 71.8 Å². The number of carbonyl (C=O) groups is 1. The molecule has 3 fully saturated rings. The molecule has 0 saturated heterocycles. The van der Waals surface area contributed by atoms with E-state index in [-0.39, 0.29) is 16.9 Å².